The predicted octanol–water partition coefficient (Wildman–Crippen LogP) is 1.93. The molecule has 0 saturated carbocycles. The van der Waals surface area contributed by atoms with Gasteiger partial charge in [0.2, 0.25) is 0 Å². The Morgan fingerprint density at radius 2 is 2.33 bits per heavy atom. The van der Waals surface area contributed by atoms with Crippen molar-refractivity contribution in [3.63, 3.8) is 0 Å². The van der Waals surface area contributed by atoms with E-state index in [-0.39, 0.29) is 5.69 Å². The van der Waals surface area contributed by atoms with Gasteiger partial charge in [0.1, 0.15) is 5.65 Å². The van der Waals surface area contributed by atoms with Crippen LogP contribution in [-0.4, -0.2) is 25.8 Å². The van der Waals surface area contributed by atoms with Crippen LogP contribution in [0, 0.1) is 0 Å². The maximum atomic E-state index is 10.8. The molecule has 3 aromatic heterocycles. The Kier molecular flexibility index (Phi) is 2.16. The zero-order valence-corrected chi connectivity index (χ0v) is 9.49. The molecule has 0 fully saturated rings. The Hall–Kier alpha value is -2.63. The highest BCUT2D eigenvalue weighted by Crippen LogP contribution is 2.29. The zero-order valence-electron chi connectivity index (χ0n) is 9.49. The summed E-state index contributed by atoms with van der Waals surface area (Å²) in [6.07, 6.45) is 3.54. The van der Waals surface area contributed by atoms with Gasteiger partial charge in [-0.2, -0.15) is 0 Å². The van der Waals surface area contributed by atoms with Gasteiger partial charge in [-0.25, -0.2) is 9.78 Å². The highest BCUT2D eigenvalue weighted by molar-refractivity contribution is 5.94. The molecule has 0 aliphatic carbocycles. The topological polar surface area (TPSA) is 81.2 Å². The number of hydrogen-bond acceptors (Lipinski definition) is 4. The third-order valence-electron chi connectivity index (χ3n) is 2.73. The Morgan fingerprint density at radius 3 is 3.06 bits per heavy atom. The molecule has 90 valence electrons. The molecule has 0 spiro atoms. The van der Waals surface area contributed by atoms with Crippen LogP contribution >= 0.6 is 0 Å². The van der Waals surface area contributed by atoms with Crippen LogP contribution < -0.4 is 0 Å². The SMILES string of the molecule is Cn1cc(-c2cc(C(=O)O)no2)c2cccnc21. The van der Waals surface area contributed by atoms with Gasteiger partial charge in [0.15, 0.2) is 11.5 Å². The first-order valence-electron chi connectivity index (χ1n) is 5.27. The number of fused-ring (bicyclic) bond motifs is 1. The van der Waals surface area contributed by atoms with Crippen molar-refractivity contribution in [3.8, 4) is 11.3 Å². The summed E-state index contributed by atoms with van der Waals surface area (Å²) < 4.78 is 6.92. The van der Waals surface area contributed by atoms with Crippen LogP contribution in [-0.2, 0) is 7.05 Å². The second kappa shape index (κ2) is 3.69. The first-order chi connectivity index (χ1) is 8.66. The molecule has 0 unspecified atom stereocenters. The van der Waals surface area contributed by atoms with Crippen molar-refractivity contribution in [2.45, 2.75) is 0 Å². The molecule has 0 radical (unpaired) electrons. The number of aromatic nitrogens is 3. The second-order valence-corrected chi connectivity index (χ2v) is 3.91. The Balaban J connectivity index is 2.22. The average Bonchev–Trinajstić information content (AvgIpc) is 2.95. The summed E-state index contributed by atoms with van der Waals surface area (Å²) in [5, 5.41) is 13.2. The van der Waals surface area contributed by atoms with Gasteiger partial charge in [0.05, 0.1) is 0 Å². The molecule has 0 saturated heterocycles. The van der Waals surface area contributed by atoms with Gasteiger partial charge in [0, 0.05) is 36.5 Å². The van der Waals surface area contributed by atoms with Crippen LogP contribution in [0.1, 0.15) is 10.5 Å². The van der Waals surface area contributed by atoms with E-state index >= 15 is 0 Å². The smallest absolute Gasteiger partial charge is 0.358 e. The number of pyridine rings is 1. The number of carbonyl (C=O) groups is 1. The maximum Gasteiger partial charge on any atom is 0.358 e. The van der Waals surface area contributed by atoms with Gasteiger partial charge in [-0.05, 0) is 12.1 Å². The van der Waals surface area contributed by atoms with Crippen molar-refractivity contribution in [2.24, 2.45) is 7.05 Å². The van der Waals surface area contributed by atoms with Crippen LogP contribution in [0.4, 0.5) is 0 Å². The lowest BCUT2D eigenvalue weighted by molar-refractivity contribution is 0.0686. The van der Waals surface area contributed by atoms with Crippen LogP contribution in [0.15, 0.2) is 35.1 Å². The van der Waals surface area contributed by atoms with E-state index in [2.05, 4.69) is 10.1 Å². The Bertz CT molecular complexity index is 742. The van der Waals surface area contributed by atoms with Gasteiger partial charge < -0.3 is 14.2 Å². The highest BCUT2D eigenvalue weighted by Gasteiger charge is 2.16. The summed E-state index contributed by atoms with van der Waals surface area (Å²) in [7, 11) is 1.87. The monoisotopic (exact) mass is 243 g/mol. The van der Waals surface area contributed by atoms with Crippen LogP contribution in [0.3, 0.4) is 0 Å². The molecule has 0 aliphatic heterocycles. The zero-order chi connectivity index (χ0) is 12.7. The minimum Gasteiger partial charge on any atom is -0.476 e. The van der Waals surface area contributed by atoms with E-state index < -0.39 is 5.97 Å². The molecular weight excluding hydrogens is 234 g/mol. The summed E-state index contributed by atoms with van der Waals surface area (Å²) in [5.74, 6) is -0.686. The van der Waals surface area contributed by atoms with Crippen molar-refractivity contribution in [1.82, 2.24) is 14.7 Å². The molecule has 0 aromatic carbocycles. The third kappa shape index (κ3) is 1.46. The summed E-state index contributed by atoms with van der Waals surface area (Å²) >= 11 is 0. The number of aryl methyl sites for hydroxylation is 1. The van der Waals surface area contributed by atoms with E-state index in [4.69, 9.17) is 9.63 Å². The van der Waals surface area contributed by atoms with Crippen molar-refractivity contribution >= 4 is 17.0 Å². The summed E-state index contributed by atoms with van der Waals surface area (Å²) in [6.45, 7) is 0. The molecule has 0 aliphatic rings. The van der Waals surface area contributed by atoms with Gasteiger partial charge >= 0.3 is 5.97 Å². The number of carboxylic acid groups (broad SMARTS) is 1. The fraction of sp³-hybridized carbons (Fsp3) is 0.0833. The predicted molar refractivity (Wildman–Crippen MR) is 63.2 cm³/mol. The maximum absolute atomic E-state index is 10.8. The molecule has 3 heterocycles. The van der Waals surface area contributed by atoms with E-state index in [1.54, 1.807) is 6.20 Å². The Morgan fingerprint density at radius 1 is 1.50 bits per heavy atom. The summed E-state index contributed by atoms with van der Waals surface area (Å²) in [6, 6.07) is 5.13. The van der Waals surface area contributed by atoms with Crippen molar-refractivity contribution in [1.29, 1.82) is 0 Å². The average molecular weight is 243 g/mol. The number of aromatic carboxylic acids is 1. The fourth-order valence-electron chi connectivity index (χ4n) is 1.91. The van der Waals surface area contributed by atoms with E-state index in [9.17, 15) is 4.79 Å². The van der Waals surface area contributed by atoms with E-state index in [0.717, 1.165) is 16.6 Å². The summed E-state index contributed by atoms with van der Waals surface area (Å²) in [4.78, 5) is 15.0. The normalized spacial score (nSPS) is 10.9. The lowest BCUT2D eigenvalue weighted by Gasteiger charge is -1.92. The molecule has 18 heavy (non-hydrogen) atoms. The van der Waals surface area contributed by atoms with Gasteiger partial charge in [-0.1, -0.05) is 5.16 Å². The minimum absolute atomic E-state index is 0.106. The molecule has 3 rings (SSSR count). The lowest BCUT2D eigenvalue weighted by Crippen LogP contribution is -1.94. The van der Waals surface area contributed by atoms with E-state index in [1.807, 2.05) is 29.9 Å². The number of hydrogen-bond donors (Lipinski definition) is 1. The second-order valence-electron chi connectivity index (χ2n) is 3.91. The van der Waals surface area contributed by atoms with Gasteiger partial charge in [0.25, 0.3) is 0 Å². The molecule has 0 bridgehead atoms. The van der Waals surface area contributed by atoms with E-state index in [0.29, 0.717) is 5.76 Å². The molecule has 0 amide bonds. The molecule has 1 N–H and O–H groups in total. The number of rotatable bonds is 2. The first-order valence-corrected chi connectivity index (χ1v) is 5.27. The molecule has 3 aromatic rings. The quantitative estimate of drug-likeness (QED) is 0.743. The lowest BCUT2D eigenvalue weighted by atomic mass is 10.1. The number of nitrogens with zero attached hydrogens (tertiary/aromatic N) is 3. The Labute approximate surface area is 101 Å². The van der Waals surface area contributed by atoms with Crippen molar-refractivity contribution in [3.05, 3.63) is 36.3 Å². The van der Waals surface area contributed by atoms with Gasteiger partial charge in [-0.3, -0.25) is 0 Å². The first kappa shape index (κ1) is 10.5. The van der Waals surface area contributed by atoms with Crippen molar-refractivity contribution < 1.29 is 14.4 Å². The fourth-order valence-corrected chi connectivity index (χ4v) is 1.91. The van der Waals surface area contributed by atoms with Crippen molar-refractivity contribution in [2.75, 3.05) is 0 Å². The molecular formula is C12H9N3O3. The van der Waals surface area contributed by atoms with Crippen LogP contribution in [0.2, 0.25) is 0 Å². The van der Waals surface area contributed by atoms with Gasteiger partial charge in [-0.15, -0.1) is 0 Å². The summed E-state index contributed by atoms with van der Waals surface area (Å²) in [5.41, 5.74) is 1.48. The van der Waals surface area contributed by atoms with E-state index in [1.165, 1.54) is 6.07 Å². The van der Waals surface area contributed by atoms with Crippen LogP contribution in [0.5, 0.6) is 0 Å². The third-order valence-corrected chi connectivity index (χ3v) is 2.73. The molecule has 0 atom stereocenters. The minimum atomic E-state index is -1.11. The van der Waals surface area contributed by atoms with Crippen LogP contribution in [0.25, 0.3) is 22.4 Å². The molecule has 6 heteroatoms. The number of carboxylic acids is 1. The largest absolute Gasteiger partial charge is 0.476 e. The molecule has 6 nitrogen and oxygen atoms in total. The standard InChI is InChI=1S/C12H9N3O3/c1-15-6-8(7-3-2-4-13-11(7)15)10-5-9(12(16)17)14-18-10/h2-6H,1H3,(H,16,17). The highest BCUT2D eigenvalue weighted by atomic mass is 16.5.